The molecule has 0 radical (unpaired) electrons. The lowest BCUT2D eigenvalue weighted by Gasteiger charge is -2.15. The average molecular weight is 296 g/mol. The van der Waals surface area contributed by atoms with Gasteiger partial charge in [-0.3, -0.25) is 0 Å². The molecule has 1 unspecified atom stereocenters. The Labute approximate surface area is 130 Å². The normalized spacial score (nSPS) is 12.7. The Morgan fingerprint density at radius 1 is 0.900 bits per heavy atom. The van der Waals surface area contributed by atoms with Crippen molar-refractivity contribution in [1.29, 1.82) is 0 Å². The number of hydrogen-bond donors (Lipinski definition) is 0. The summed E-state index contributed by atoms with van der Waals surface area (Å²) in [4.78, 5) is 4.48. The van der Waals surface area contributed by atoms with Crippen LogP contribution in [0.2, 0.25) is 0 Å². The summed E-state index contributed by atoms with van der Waals surface area (Å²) < 4.78 is 0. The van der Waals surface area contributed by atoms with Gasteiger partial charge in [-0.2, -0.15) is 0 Å². The highest BCUT2D eigenvalue weighted by Crippen LogP contribution is 2.22. The van der Waals surface area contributed by atoms with E-state index in [2.05, 4.69) is 24.2 Å². The van der Waals surface area contributed by atoms with Crippen LogP contribution in [0.3, 0.4) is 0 Å². The van der Waals surface area contributed by atoms with E-state index in [1.54, 1.807) is 11.3 Å². The molecule has 0 N–H and O–H groups in total. The first-order valence-corrected chi connectivity index (χ1v) is 9.68. The third-order valence-electron chi connectivity index (χ3n) is 4.16. The second-order valence-electron chi connectivity index (χ2n) is 6.10. The minimum absolute atomic E-state index is 0.871. The molecule has 0 fully saturated rings. The number of thiazole rings is 1. The lowest BCUT2D eigenvalue weighted by molar-refractivity contribution is 0.400. The Kier molecular flexibility index (Phi) is 10.9. The van der Waals surface area contributed by atoms with Crippen LogP contribution in [0.1, 0.15) is 90.2 Å². The van der Waals surface area contributed by atoms with Crippen LogP contribution in [-0.4, -0.2) is 4.98 Å². The average Bonchev–Trinajstić information content (AvgIpc) is 2.96. The van der Waals surface area contributed by atoms with Crippen molar-refractivity contribution in [2.24, 2.45) is 5.92 Å². The largest absolute Gasteiger partial charge is 0.250 e. The van der Waals surface area contributed by atoms with E-state index in [0.717, 1.165) is 5.92 Å². The zero-order chi connectivity index (χ0) is 14.5. The van der Waals surface area contributed by atoms with Gasteiger partial charge >= 0.3 is 0 Å². The molecule has 1 heterocycles. The first kappa shape index (κ1) is 17.7. The Balaban J connectivity index is 2.22. The van der Waals surface area contributed by atoms with Crippen molar-refractivity contribution in [2.45, 2.75) is 90.9 Å². The molecule has 1 atom stereocenters. The van der Waals surface area contributed by atoms with E-state index in [0.29, 0.717) is 0 Å². The summed E-state index contributed by atoms with van der Waals surface area (Å²) in [7, 11) is 0. The quantitative estimate of drug-likeness (QED) is 0.372. The lowest BCUT2D eigenvalue weighted by Crippen LogP contribution is -2.05. The van der Waals surface area contributed by atoms with Crippen LogP contribution in [0, 0.1) is 5.92 Å². The summed E-state index contributed by atoms with van der Waals surface area (Å²) in [6, 6.07) is 0. The number of rotatable bonds is 13. The summed E-state index contributed by atoms with van der Waals surface area (Å²) >= 11 is 1.74. The van der Waals surface area contributed by atoms with Crippen LogP contribution in [0.25, 0.3) is 0 Å². The standard InChI is InChI=1S/C18H33NS/c1-3-5-7-9-11-13-17(12-10-8-6-4-2)14-18-15-20-16-19-18/h15-17H,3-14H2,1-2H3. The van der Waals surface area contributed by atoms with Crippen LogP contribution in [0.15, 0.2) is 10.9 Å². The lowest BCUT2D eigenvalue weighted by atomic mass is 9.91. The van der Waals surface area contributed by atoms with Gasteiger partial charge in [-0.25, -0.2) is 4.98 Å². The fourth-order valence-electron chi connectivity index (χ4n) is 2.88. The van der Waals surface area contributed by atoms with E-state index in [4.69, 9.17) is 0 Å². The van der Waals surface area contributed by atoms with Gasteiger partial charge in [0, 0.05) is 5.38 Å². The van der Waals surface area contributed by atoms with Gasteiger partial charge in [0.05, 0.1) is 11.2 Å². The first-order chi connectivity index (χ1) is 9.86. The molecule has 1 aromatic heterocycles. The molecule has 0 spiro atoms. The summed E-state index contributed by atoms with van der Waals surface area (Å²) in [6.45, 7) is 4.58. The van der Waals surface area contributed by atoms with Crippen LogP contribution in [-0.2, 0) is 6.42 Å². The number of nitrogens with zero attached hydrogens (tertiary/aromatic N) is 1. The molecule has 0 saturated carbocycles. The maximum atomic E-state index is 4.48. The molecule has 20 heavy (non-hydrogen) atoms. The molecule has 0 aliphatic rings. The molecular weight excluding hydrogens is 262 g/mol. The summed E-state index contributed by atoms with van der Waals surface area (Å²) in [5.74, 6) is 0.871. The third-order valence-corrected chi connectivity index (χ3v) is 4.80. The highest BCUT2D eigenvalue weighted by atomic mass is 32.1. The van der Waals surface area contributed by atoms with Crippen molar-refractivity contribution in [1.82, 2.24) is 4.98 Å². The van der Waals surface area contributed by atoms with Gasteiger partial charge in [-0.05, 0) is 12.3 Å². The van der Waals surface area contributed by atoms with E-state index in [-0.39, 0.29) is 0 Å². The molecule has 1 rings (SSSR count). The third kappa shape index (κ3) is 8.73. The molecule has 0 amide bonds. The second-order valence-corrected chi connectivity index (χ2v) is 6.82. The van der Waals surface area contributed by atoms with E-state index in [1.807, 2.05) is 5.51 Å². The van der Waals surface area contributed by atoms with Crippen LogP contribution in [0.5, 0.6) is 0 Å². The van der Waals surface area contributed by atoms with Crippen molar-refractivity contribution < 1.29 is 0 Å². The van der Waals surface area contributed by atoms with E-state index in [1.165, 1.54) is 82.7 Å². The van der Waals surface area contributed by atoms with E-state index in [9.17, 15) is 0 Å². The van der Waals surface area contributed by atoms with Gasteiger partial charge in [0.15, 0.2) is 0 Å². The van der Waals surface area contributed by atoms with Gasteiger partial charge < -0.3 is 0 Å². The van der Waals surface area contributed by atoms with E-state index < -0.39 is 0 Å². The number of hydrogen-bond acceptors (Lipinski definition) is 2. The molecule has 1 aromatic rings. The Morgan fingerprint density at radius 3 is 2.05 bits per heavy atom. The molecule has 0 aliphatic heterocycles. The summed E-state index contributed by atoms with van der Waals surface area (Å²) in [6.07, 6.45) is 16.6. The fourth-order valence-corrected chi connectivity index (χ4v) is 3.45. The Bertz CT molecular complexity index is 294. The van der Waals surface area contributed by atoms with Crippen molar-refractivity contribution in [2.75, 3.05) is 0 Å². The first-order valence-electron chi connectivity index (χ1n) is 8.73. The van der Waals surface area contributed by atoms with Crippen molar-refractivity contribution >= 4 is 11.3 Å². The highest BCUT2D eigenvalue weighted by molar-refractivity contribution is 7.07. The van der Waals surface area contributed by atoms with Gasteiger partial charge in [0.25, 0.3) is 0 Å². The molecule has 0 bridgehead atoms. The number of unbranched alkanes of at least 4 members (excludes halogenated alkanes) is 7. The summed E-state index contributed by atoms with van der Waals surface area (Å²) in [5, 5.41) is 2.23. The topological polar surface area (TPSA) is 12.9 Å². The zero-order valence-corrected chi connectivity index (χ0v) is 14.4. The molecule has 0 saturated heterocycles. The SMILES string of the molecule is CCCCCCCC(CCCCCC)Cc1cscn1. The molecule has 0 aromatic carbocycles. The Hall–Kier alpha value is -0.370. The minimum atomic E-state index is 0.871. The fraction of sp³-hybridized carbons (Fsp3) is 0.833. The predicted molar refractivity (Wildman–Crippen MR) is 91.4 cm³/mol. The molecule has 1 nitrogen and oxygen atoms in total. The smallest absolute Gasteiger partial charge is 0.0794 e. The van der Waals surface area contributed by atoms with Crippen LogP contribution in [0.4, 0.5) is 0 Å². The molecule has 2 heteroatoms. The van der Waals surface area contributed by atoms with Gasteiger partial charge in [-0.1, -0.05) is 84.5 Å². The highest BCUT2D eigenvalue weighted by Gasteiger charge is 2.10. The predicted octanol–water partition coefficient (Wildman–Crippen LogP) is 6.63. The maximum absolute atomic E-state index is 4.48. The maximum Gasteiger partial charge on any atom is 0.0794 e. The molecule has 0 aliphatic carbocycles. The zero-order valence-electron chi connectivity index (χ0n) is 13.6. The number of aromatic nitrogens is 1. The monoisotopic (exact) mass is 295 g/mol. The Morgan fingerprint density at radius 2 is 1.50 bits per heavy atom. The molecule has 116 valence electrons. The second kappa shape index (κ2) is 12.4. The van der Waals surface area contributed by atoms with Crippen LogP contribution < -0.4 is 0 Å². The van der Waals surface area contributed by atoms with Crippen LogP contribution >= 0.6 is 11.3 Å². The van der Waals surface area contributed by atoms with Gasteiger partial charge in [-0.15, -0.1) is 11.3 Å². The van der Waals surface area contributed by atoms with Gasteiger partial charge in [0.1, 0.15) is 0 Å². The summed E-state index contributed by atoms with van der Waals surface area (Å²) in [5.41, 5.74) is 3.30. The minimum Gasteiger partial charge on any atom is -0.250 e. The van der Waals surface area contributed by atoms with Crippen molar-refractivity contribution in [3.8, 4) is 0 Å². The van der Waals surface area contributed by atoms with E-state index >= 15 is 0 Å². The van der Waals surface area contributed by atoms with Crippen molar-refractivity contribution in [3.63, 3.8) is 0 Å². The van der Waals surface area contributed by atoms with Gasteiger partial charge in [0.2, 0.25) is 0 Å². The van der Waals surface area contributed by atoms with Crippen molar-refractivity contribution in [3.05, 3.63) is 16.6 Å². The molecular formula is C18H33NS.